The third-order valence-corrected chi connectivity index (χ3v) is 2.37. The summed E-state index contributed by atoms with van der Waals surface area (Å²) in [5, 5.41) is 3.18. The second-order valence-corrected chi connectivity index (χ2v) is 3.12. The Hall–Kier alpha value is -0.440. The number of nitrogens with zero attached hydrogens (tertiary/aromatic N) is 1. The van der Waals surface area contributed by atoms with Gasteiger partial charge in [-0.05, 0) is 12.8 Å². The average molecular weight is 176 g/mol. The van der Waals surface area contributed by atoms with Gasteiger partial charge in [0.1, 0.15) is 0 Å². The zero-order valence-corrected chi connectivity index (χ0v) is 7.23. The molecule has 0 amide bonds. The standard InChI is InChI=1S/C7H13N3.ClH/c8-7-9-5-3-1-2-4-6(5)10-7;/h5-6H,1-4H2,(H3,8,9,10);1H. The van der Waals surface area contributed by atoms with Gasteiger partial charge in [-0.2, -0.15) is 0 Å². The van der Waals surface area contributed by atoms with Crippen LogP contribution in [0.25, 0.3) is 0 Å². The van der Waals surface area contributed by atoms with E-state index >= 15 is 0 Å². The van der Waals surface area contributed by atoms with Crippen molar-refractivity contribution in [2.24, 2.45) is 10.7 Å². The lowest BCUT2D eigenvalue weighted by molar-refractivity contribution is 0.384. The van der Waals surface area contributed by atoms with Crippen LogP contribution in [-0.2, 0) is 0 Å². The third kappa shape index (κ3) is 1.59. The summed E-state index contributed by atoms with van der Waals surface area (Å²) in [6.45, 7) is 0. The highest BCUT2D eigenvalue weighted by Crippen LogP contribution is 2.23. The molecule has 3 N–H and O–H groups in total. The lowest BCUT2D eigenvalue weighted by Crippen LogP contribution is -2.39. The lowest BCUT2D eigenvalue weighted by atomic mass is 9.92. The Labute approximate surface area is 72.9 Å². The Morgan fingerprint density at radius 1 is 1.36 bits per heavy atom. The molecule has 0 aromatic heterocycles. The van der Waals surface area contributed by atoms with Crippen LogP contribution in [0.4, 0.5) is 0 Å². The minimum atomic E-state index is 0. The van der Waals surface area contributed by atoms with Gasteiger partial charge in [0.15, 0.2) is 5.96 Å². The molecular weight excluding hydrogens is 162 g/mol. The first-order valence-corrected chi connectivity index (χ1v) is 3.96. The summed E-state index contributed by atoms with van der Waals surface area (Å²) in [6, 6.07) is 1.06. The molecule has 0 spiro atoms. The van der Waals surface area contributed by atoms with Gasteiger partial charge in [-0.15, -0.1) is 12.4 Å². The maximum absolute atomic E-state index is 5.53. The summed E-state index contributed by atoms with van der Waals surface area (Å²) in [4.78, 5) is 4.29. The predicted molar refractivity (Wildman–Crippen MR) is 48.1 cm³/mol. The van der Waals surface area contributed by atoms with Crippen molar-refractivity contribution in [1.29, 1.82) is 0 Å². The number of nitrogens with one attached hydrogen (secondary N) is 1. The van der Waals surface area contributed by atoms with E-state index in [1.54, 1.807) is 0 Å². The van der Waals surface area contributed by atoms with E-state index in [-0.39, 0.29) is 12.4 Å². The van der Waals surface area contributed by atoms with Gasteiger partial charge in [-0.1, -0.05) is 12.8 Å². The minimum absolute atomic E-state index is 0. The molecular formula is C7H14ClN3. The maximum Gasteiger partial charge on any atom is 0.189 e. The minimum Gasteiger partial charge on any atom is -0.370 e. The van der Waals surface area contributed by atoms with Crippen molar-refractivity contribution in [1.82, 2.24) is 5.32 Å². The molecule has 0 bridgehead atoms. The van der Waals surface area contributed by atoms with Crippen LogP contribution in [-0.4, -0.2) is 18.0 Å². The van der Waals surface area contributed by atoms with Crippen LogP contribution in [0.3, 0.4) is 0 Å². The fourth-order valence-electron chi connectivity index (χ4n) is 1.84. The molecule has 4 heteroatoms. The van der Waals surface area contributed by atoms with Crippen molar-refractivity contribution in [2.45, 2.75) is 37.8 Å². The monoisotopic (exact) mass is 175 g/mol. The smallest absolute Gasteiger partial charge is 0.189 e. The van der Waals surface area contributed by atoms with E-state index in [0.717, 1.165) is 0 Å². The molecule has 2 aliphatic rings. The number of halogens is 1. The van der Waals surface area contributed by atoms with E-state index in [1.807, 2.05) is 0 Å². The molecule has 2 atom stereocenters. The first-order chi connectivity index (χ1) is 4.86. The largest absolute Gasteiger partial charge is 0.370 e. The molecule has 1 heterocycles. The molecule has 0 aromatic carbocycles. The summed E-state index contributed by atoms with van der Waals surface area (Å²) in [7, 11) is 0. The van der Waals surface area contributed by atoms with Crippen LogP contribution in [0.5, 0.6) is 0 Å². The van der Waals surface area contributed by atoms with Gasteiger partial charge < -0.3 is 11.1 Å². The van der Waals surface area contributed by atoms with E-state index in [4.69, 9.17) is 5.73 Å². The Bertz CT molecular complexity index is 169. The van der Waals surface area contributed by atoms with Gasteiger partial charge in [-0.25, -0.2) is 4.99 Å². The van der Waals surface area contributed by atoms with Crippen molar-refractivity contribution in [3.05, 3.63) is 0 Å². The molecule has 0 radical (unpaired) electrons. The number of aliphatic imine (C=N–C) groups is 1. The topological polar surface area (TPSA) is 50.4 Å². The molecule has 0 aromatic rings. The highest BCUT2D eigenvalue weighted by Gasteiger charge is 2.29. The lowest BCUT2D eigenvalue weighted by Gasteiger charge is -2.22. The molecule has 2 unspecified atom stereocenters. The third-order valence-electron chi connectivity index (χ3n) is 2.37. The molecule has 1 aliphatic heterocycles. The fraction of sp³-hybridized carbons (Fsp3) is 0.857. The maximum atomic E-state index is 5.53. The average Bonchev–Trinajstić information content (AvgIpc) is 2.27. The number of hydrogen-bond donors (Lipinski definition) is 2. The van der Waals surface area contributed by atoms with Gasteiger partial charge in [0.2, 0.25) is 0 Å². The van der Waals surface area contributed by atoms with Crippen molar-refractivity contribution in [3.8, 4) is 0 Å². The Morgan fingerprint density at radius 2 is 2.09 bits per heavy atom. The van der Waals surface area contributed by atoms with Crippen molar-refractivity contribution in [3.63, 3.8) is 0 Å². The van der Waals surface area contributed by atoms with Crippen LogP contribution < -0.4 is 11.1 Å². The van der Waals surface area contributed by atoms with Gasteiger partial charge in [0.05, 0.1) is 12.1 Å². The summed E-state index contributed by atoms with van der Waals surface area (Å²) in [6.07, 6.45) is 5.11. The number of hydrogen-bond acceptors (Lipinski definition) is 3. The fourth-order valence-corrected chi connectivity index (χ4v) is 1.84. The van der Waals surface area contributed by atoms with Crippen molar-refractivity contribution >= 4 is 18.4 Å². The molecule has 1 saturated carbocycles. The first-order valence-electron chi connectivity index (χ1n) is 3.96. The van der Waals surface area contributed by atoms with E-state index in [0.29, 0.717) is 18.0 Å². The second kappa shape index (κ2) is 3.30. The summed E-state index contributed by atoms with van der Waals surface area (Å²) >= 11 is 0. The first kappa shape index (κ1) is 8.65. The Morgan fingerprint density at radius 3 is 2.82 bits per heavy atom. The van der Waals surface area contributed by atoms with Crippen molar-refractivity contribution < 1.29 is 0 Å². The van der Waals surface area contributed by atoms with E-state index < -0.39 is 0 Å². The Kier molecular flexibility index (Phi) is 2.60. The van der Waals surface area contributed by atoms with E-state index in [2.05, 4.69) is 10.3 Å². The highest BCUT2D eigenvalue weighted by atomic mass is 35.5. The summed E-state index contributed by atoms with van der Waals surface area (Å²) in [5.74, 6) is 0.650. The molecule has 64 valence electrons. The number of fused-ring (bicyclic) bond motifs is 1. The Balaban J connectivity index is 0.000000605. The summed E-state index contributed by atoms with van der Waals surface area (Å²) < 4.78 is 0. The molecule has 1 fully saturated rings. The number of rotatable bonds is 0. The van der Waals surface area contributed by atoms with Gasteiger partial charge in [-0.3, -0.25) is 0 Å². The molecule has 3 nitrogen and oxygen atoms in total. The number of nitrogens with two attached hydrogens (primary N) is 1. The molecule has 2 rings (SSSR count). The highest BCUT2D eigenvalue weighted by molar-refractivity contribution is 5.85. The van der Waals surface area contributed by atoms with Crippen LogP contribution >= 0.6 is 12.4 Å². The molecule has 1 aliphatic carbocycles. The SMILES string of the molecule is Cl.NC1=NC2CCCCC2N1. The number of guanidine groups is 1. The zero-order chi connectivity index (χ0) is 6.97. The summed E-state index contributed by atoms with van der Waals surface area (Å²) in [5.41, 5.74) is 5.53. The van der Waals surface area contributed by atoms with Gasteiger partial charge in [0.25, 0.3) is 0 Å². The van der Waals surface area contributed by atoms with E-state index in [1.165, 1.54) is 25.7 Å². The van der Waals surface area contributed by atoms with Gasteiger partial charge in [0, 0.05) is 0 Å². The second-order valence-electron chi connectivity index (χ2n) is 3.12. The van der Waals surface area contributed by atoms with Gasteiger partial charge >= 0.3 is 0 Å². The van der Waals surface area contributed by atoms with Crippen LogP contribution in [0.15, 0.2) is 4.99 Å². The van der Waals surface area contributed by atoms with E-state index in [9.17, 15) is 0 Å². The van der Waals surface area contributed by atoms with Crippen LogP contribution in [0.1, 0.15) is 25.7 Å². The quantitative estimate of drug-likeness (QED) is 0.568. The molecule has 11 heavy (non-hydrogen) atoms. The molecule has 0 saturated heterocycles. The predicted octanol–water partition coefficient (Wildman–Crippen LogP) is 0.637. The van der Waals surface area contributed by atoms with Crippen LogP contribution in [0, 0.1) is 0 Å². The zero-order valence-electron chi connectivity index (χ0n) is 6.42. The normalized spacial score (nSPS) is 34.7. The van der Waals surface area contributed by atoms with Crippen molar-refractivity contribution in [2.75, 3.05) is 0 Å². The van der Waals surface area contributed by atoms with Crippen LogP contribution in [0.2, 0.25) is 0 Å².